The Hall–Kier alpha value is -3.32. The molecule has 0 saturated heterocycles. The predicted molar refractivity (Wildman–Crippen MR) is 112 cm³/mol. The van der Waals surface area contributed by atoms with Crippen molar-refractivity contribution in [2.24, 2.45) is 0 Å². The van der Waals surface area contributed by atoms with Crippen molar-refractivity contribution in [1.82, 2.24) is 9.97 Å². The Morgan fingerprint density at radius 2 is 1.93 bits per heavy atom. The molecule has 3 heterocycles. The van der Waals surface area contributed by atoms with Crippen molar-refractivity contribution in [1.29, 1.82) is 0 Å². The van der Waals surface area contributed by atoms with Crippen LogP contribution < -0.4 is 19.5 Å². The topological polar surface area (TPSA) is 82.6 Å². The summed E-state index contributed by atoms with van der Waals surface area (Å²) >= 11 is 6.31. The van der Waals surface area contributed by atoms with Gasteiger partial charge in [0.25, 0.3) is 0 Å². The summed E-state index contributed by atoms with van der Waals surface area (Å²) < 4.78 is 17.1. The second-order valence-corrected chi connectivity index (χ2v) is 7.08. The van der Waals surface area contributed by atoms with Crippen molar-refractivity contribution >= 4 is 23.3 Å². The summed E-state index contributed by atoms with van der Waals surface area (Å²) in [5.74, 6) is 1.68. The largest absolute Gasteiger partial charge is 0.489 e. The van der Waals surface area contributed by atoms with E-state index in [2.05, 4.69) is 15.3 Å². The lowest BCUT2D eigenvalue weighted by Gasteiger charge is -2.13. The van der Waals surface area contributed by atoms with E-state index in [1.54, 1.807) is 42.9 Å². The SMILES string of the molecule is O=C(Cc1cc(Cl)c2c(c1)OCCCO2)Nc1ncccc1OCc1ccncc1. The fraction of sp³-hybridized carbons (Fsp3) is 0.227. The number of benzene rings is 1. The lowest BCUT2D eigenvalue weighted by molar-refractivity contribution is -0.115. The first-order chi connectivity index (χ1) is 14.7. The van der Waals surface area contributed by atoms with Crippen molar-refractivity contribution in [2.75, 3.05) is 18.5 Å². The average molecular weight is 426 g/mol. The molecule has 4 rings (SSSR count). The molecule has 0 atom stereocenters. The maximum Gasteiger partial charge on any atom is 0.230 e. The number of ether oxygens (including phenoxy) is 3. The molecule has 0 spiro atoms. The summed E-state index contributed by atoms with van der Waals surface area (Å²) in [4.78, 5) is 20.8. The minimum Gasteiger partial charge on any atom is -0.489 e. The third kappa shape index (κ3) is 4.99. The van der Waals surface area contributed by atoms with Gasteiger partial charge in [-0.2, -0.15) is 0 Å². The Bertz CT molecular complexity index is 1030. The van der Waals surface area contributed by atoms with Crippen LogP contribution >= 0.6 is 11.6 Å². The van der Waals surface area contributed by atoms with Gasteiger partial charge in [0.1, 0.15) is 6.61 Å². The van der Waals surface area contributed by atoms with Crippen LogP contribution in [0.3, 0.4) is 0 Å². The van der Waals surface area contributed by atoms with Gasteiger partial charge in [-0.1, -0.05) is 11.6 Å². The molecule has 1 aliphatic rings. The van der Waals surface area contributed by atoms with E-state index >= 15 is 0 Å². The lowest BCUT2D eigenvalue weighted by Crippen LogP contribution is -2.16. The van der Waals surface area contributed by atoms with Crippen LogP contribution in [-0.4, -0.2) is 29.1 Å². The molecule has 3 aromatic rings. The number of rotatable bonds is 6. The summed E-state index contributed by atoms with van der Waals surface area (Å²) in [7, 11) is 0. The van der Waals surface area contributed by atoms with Gasteiger partial charge in [-0.25, -0.2) is 4.98 Å². The Balaban J connectivity index is 1.43. The van der Waals surface area contributed by atoms with Gasteiger partial charge in [-0.3, -0.25) is 9.78 Å². The number of aromatic nitrogens is 2. The van der Waals surface area contributed by atoms with E-state index in [0.29, 0.717) is 47.9 Å². The molecule has 8 heteroatoms. The minimum absolute atomic E-state index is 0.108. The molecule has 1 aromatic carbocycles. The van der Waals surface area contributed by atoms with Gasteiger partial charge in [-0.05, 0) is 47.5 Å². The molecule has 1 amide bonds. The van der Waals surface area contributed by atoms with Crippen molar-refractivity contribution in [3.63, 3.8) is 0 Å². The van der Waals surface area contributed by atoms with Crippen LogP contribution in [0.25, 0.3) is 0 Å². The monoisotopic (exact) mass is 425 g/mol. The third-order valence-electron chi connectivity index (χ3n) is 4.40. The highest BCUT2D eigenvalue weighted by atomic mass is 35.5. The number of halogens is 1. The molecule has 1 aliphatic heterocycles. The highest BCUT2D eigenvalue weighted by Crippen LogP contribution is 2.38. The quantitative estimate of drug-likeness (QED) is 0.641. The van der Waals surface area contributed by atoms with Gasteiger partial charge in [0.15, 0.2) is 23.1 Å². The van der Waals surface area contributed by atoms with Crippen molar-refractivity contribution < 1.29 is 19.0 Å². The van der Waals surface area contributed by atoms with E-state index in [1.807, 2.05) is 12.1 Å². The van der Waals surface area contributed by atoms with E-state index in [4.69, 9.17) is 25.8 Å². The molecule has 0 fully saturated rings. The van der Waals surface area contributed by atoms with Gasteiger partial charge < -0.3 is 19.5 Å². The molecule has 0 saturated carbocycles. The first-order valence-corrected chi connectivity index (χ1v) is 9.91. The van der Waals surface area contributed by atoms with Crippen LogP contribution in [0.15, 0.2) is 55.0 Å². The number of anilines is 1. The Labute approximate surface area is 179 Å². The number of hydrogen-bond acceptors (Lipinski definition) is 6. The zero-order valence-corrected chi connectivity index (χ0v) is 16.9. The lowest BCUT2D eigenvalue weighted by atomic mass is 10.1. The van der Waals surface area contributed by atoms with Crippen molar-refractivity contribution in [3.05, 3.63) is 71.1 Å². The fourth-order valence-corrected chi connectivity index (χ4v) is 3.28. The van der Waals surface area contributed by atoms with Crippen LogP contribution in [0.1, 0.15) is 17.5 Å². The standard InChI is InChI=1S/C22H20ClN3O4/c23-17-11-16(12-19-21(17)29-10-2-9-28-19)13-20(27)26-22-18(3-1-6-25-22)30-14-15-4-7-24-8-5-15/h1,3-8,11-12H,2,9-10,13-14H2,(H,25,26,27). The molecule has 30 heavy (non-hydrogen) atoms. The molecule has 1 N–H and O–H groups in total. The Kier molecular flexibility index (Phi) is 6.29. The maximum absolute atomic E-state index is 12.6. The van der Waals surface area contributed by atoms with Crippen LogP contribution in [0, 0.1) is 0 Å². The molecule has 0 unspecified atom stereocenters. The molecule has 0 radical (unpaired) electrons. The first-order valence-electron chi connectivity index (χ1n) is 9.53. The second kappa shape index (κ2) is 9.45. The number of fused-ring (bicyclic) bond motifs is 1. The average Bonchev–Trinajstić information content (AvgIpc) is 3.00. The van der Waals surface area contributed by atoms with Gasteiger partial charge >= 0.3 is 0 Å². The molecular weight excluding hydrogens is 406 g/mol. The van der Waals surface area contributed by atoms with E-state index in [0.717, 1.165) is 17.5 Å². The summed E-state index contributed by atoms with van der Waals surface area (Å²) in [6, 6.07) is 10.7. The molecule has 154 valence electrons. The predicted octanol–water partition coefficient (Wildman–Crippen LogP) is 4.05. The summed E-state index contributed by atoms with van der Waals surface area (Å²) in [6.07, 6.45) is 5.88. The molecular formula is C22H20ClN3O4. The van der Waals surface area contributed by atoms with Crippen LogP contribution in [0.2, 0.25) is 5.02 Å². The van der Waals surface area contributed by atoms with Gasteiger partial charge in [-0.15, -0.1) is 0 Å². The number of hydrogen-bond donors (Lipinski definition) is 1. The van der Waals surface area contributed by atoms with Crippen LogP contribution in [0.4, 0.5) is 5.82 Å². The normalized spacial score (nSPS) is 12.7. The second-order valence-electron chi connectivity index (χ2n) is 6.67. The highest BCUT2D eigenvalue weighted by Gasteiger charge is 2.17. The first kappa shape index (κ1) is 20.0. The van der Waals surface area contributed by atoms with E-state index in [1.165, 1.54) is 0 Å². The minimum atomic E-state index is -0.243. The maximum atomic E-state index is 12.6. The zero-order chi connectivity index (χ0) is 20.8. The van der Waals surface area contributed by atoms with Gasteiger partial charge in [0.05, 0.1) is 24.7 Å². The number of carbonyl (C=O) groups excluding carboxylic acids is 1. The smallest absolute Gasteiger partial charge is 0.230 e. The molecule has 2 aromatic heterocycles. The van der Waals surface area contributed by atoms with E-state index in [9.17, 15) is 4.79 Å². The summed E-state index contributed by atoms with van der Waals surface area (Å²) in [5, 5.41) is 3.23. The zero-order valence-electron chi connectivity index (χ0n) is 16.1. The summed E-state index contributed by atoms with van der Waals surface area (Å²) in [5.41, 5.74) is 1.69. The van der Waals surface area contributed by atoms with Crippen molar-refractivity contribution in [2.45, 2.75) is 19.4 Å². The number of nitrogens with zero attached hydrogens (tertiary/aromatic N) is 2. The number of amides is 1. The van der Waals surface area contributed by atoms with E-state index < -0.39 is 0 Å². The number of nitrogens with one attached hydrogen (secondary N) is 1. The van der Waals surface area contributed by atoms with E-state index in [-0.39, 0.29) is 12.3 Å². The fourth-order valence-electron chi connectivity index (χ4n) is 2.99. The Morgan fingerprint density at radius 3 is 2.80 bits per heavy atom. The third-order valence-corrected chi connectivity index (χ3v) is 4.68. The Morgan fingerprint density at radius 1 is 1.10 bits per heavy atom. The summed E-state index contributed by atoms with van der Waals surface area (Å²) in [6.45, 7) is 1.44. The molecule has 0 aliphatic carbocycles. The number of pyridine rings is 2. The van der Waals surface area contributed by atoms with Crippen LogP contribution in [-0.2, 0) is 17.8 Å². The number of carbonyl (C=O) groups is 1. The van der Waals surface area contributed by atoms with Crippen molar-refractivity contribution in [3.8, 4) is 17.2 Å². The molecule has 7 nitrogen and oxygen atoms in total. The highest BCUT2D eigenvalue weighted by molar-refractivity contribution is 6.32. The van der Waals surface area contributed by atoms with Crippen LogP contribution in [0.5, 0.6) is 17.2 Å². The van der Waals surface area contributed by atoms with Gasteiger partial charge in [0, 0.05) is 25.0 Å². The molecule has 0 bridgehead atoms. The van der Waals surface area contributed by atoms with Gasteiger partial charge in [0.2, 0.25) is 5.91 Å².